The van der Waals surface area contributed by atoms with Crippen LogP contribution in [0.3, 0.4) is 0 Å². The molecule has 1 saturated heterocycles. The lowest BCUT2D eigenvalue weighted by Gasteiger charge is -2.25. The highest BCUT2D eigenvalue weighted by atomic mass is 15.2. The van der Waals surface area contributed by atoms with E-state index < -0.39 is 0 Å². The van der Waals surface area contributed by atoms with Gasteiger partial charge in [-0.3, -0.25) is 4.98 Å². The van der Waals surface area contributed by atoms with Crippen molar-refractivity contribution >= 4 is 5.82 Å². The predicted molar refractivity (Wildman–Crippen MR) is 85.5 cm³/mol. The second-order valence-corrected chi connectivity index (χ2v) is 5.96. The van der Waals surface area contributed by atoms with E-state index in [0.29, 0.717) is 0 Å². The smallest absolute Gasteiger partial charge is 0.163 e. The van der Waals surface area contributed by atoms with Crippen LogP contribution in [0.1, 0.15) is 17.7 Å². The Hall–Kier alpha value is -2.05. The molecule has 6 heteroatoms. The minimum absolute atomic E-state index is 0.245. The van der Waals surface area contributed by atoms with Crippen LogP contribution < -0.4 is 16.0 Å². The Morgan fingerprint density at radius 1 is 1.32 bits per heavy atom. The van der Waals surface area contributed by atoms with Crippen LogP contribution in [0.4, 0.5) is 5.82 Å². The van der Waals surface area contributed by atoms with Crippen molar-refractivity contribution < 1.29 is 0 Å². The zero-order valence-electron chi connectivity index (χ0n) is 12.5. The van der Waals surface area contributed by atoms with E-state index in [0.717, 1.165) is 61.9 Å². The number of hydrogen-bond acceptors (Lipinski definition) is 6. The zero-order chi connectivity index (χ0) is 14.9. The summed E-state index contributed by atoms with van der Waals surface area (Å²) in [6.07, 6.45) is 5.59. The third-order valence-corrected chi connectivity index (χ3v) is 4.36. The van der Waals surface area contributed by atoms with Crippen molar-refractivity contribution in [2.24, 2.45) is 5.73 Å². The van der Waals surface area contributed by atoms with Crippen LogP contribution in [0.15, 0.2) is 24.5 Å². The summed E-state index contributed by atoms with van der Waals surface area (Å²) in [4.78, 5) is 16.1. The van der Waals surface area contributed by atoms with E-state index in [1.165, 1.54) is 5.56 Å². The molecule has 2 aromatic rings. The third kappa shape index (κ3) is 2.44. The van der Waals surface area contributed by atoms with E-state index in [1.807, 2.05) is 18.3 Å². The summed E-state index contributed by atoms with van der Waals surface area (Å²) in [7, 11) is 0. The van der Waals surface area contributed by atoms with Crippen LogP contribution in [0.25, 0.3) is 11.4 Å². The van der Waals surface area contributed by atoms with Gasteiger partial charge in [-0.2, -0.15) is 0 Å². The Morgan fingerprint density at radius 2 is 2.27 bits per heavy atom. The number of fused-ring (bicyclic) bond motifs is 1. The first kappa shape index (κ1) is 13.6. The lowest BCUT2D eigenvalue weighted by atomic mass is 10.1. The Labute approximate surface area is 129 Å². The molecule has 0 spiro atoms. The zero-order valence-corrected chi connectivity index (χ0v) is 12.5. The molecule has 3 N–H and O–H groups in total. The average molecular weight is 296 g/mol. The molecule has 0 amide bonds. The minimum Gasteiger partial charge on any atom is -0.355 e. The Bertz CT molecular complexity index is 672. The van der Waals surface area contributed by atoms with Gasteiger partial charge in [-0.25, -0.2) is 9.97 Å². The summed E-state index contributed by atoms with van der Waals surface area (Å²) >= 11 is 0. The molecular weight excluding hydrogens is 276 g/mol. The maximum atomic E-state index is 6.08. The molecule has 0 aromatic carbocycles. The first-order valence-corrected chi connectivity index (χ1v) is 7.82. The molecule has 1 atom stereocenters. The number of pyridine rings is 1. The molecule has 6 nitrogen and oxygen atoms in total. The number of nitrogens with zero attached hydrogens (tertiary/aromatic N) is 4. The van der Waals surface area contributed by atoms with Gasteiger partial charge in [0.2, 0.25) is 0 Å². The van der Waals surface area contributed by atoms with Gasteiger partial charge in [0.1, 0.15) is 5.82 Å². The van der Waals surface area contributed by atoms with Gasteiger partial charge < -0.3 is 16.0 Å². The lowest BCUT2D eigenvalue weighted by Crippen LogP contribution is -2.31. The van der Waals surface area contributed by atoms with Crippen molar-refractivity contribution in [1.82, 2.24) is 20.3 Å². The second-order valence-electron chi connectivity index (χ2n) is 5.96. The summed E-state index contributed by atoms with van der Waals surface area (Å²) < 4.78 is 0. The molecule has 1 unspecified atom stereocenters. The molecular formula is C16H20N6. The van der Waals surface area contributed by atoms with Crippen LogP contribution in [-0.2, 0) is 13.0 Å². The highest BCUT2D eigenvalue weighted by Crippen LogP contribution is 2.29. The van der Waals surface area contributed by atoms with Gasteiger partial charge in [-0.05, 0) is 31.5 Å². The van der Waals surface area contributed by atoms with E-state index in [9.17, 15) is 0 Å². The van der Waals surface area contributed by atoms with E-state index in [4.69, 9.17) is 15.7 Å². The quantitative estimate of drug-likeness (QED) is 0.850. The summed E-state index contributed by atoms with van der Waals surface area (Å²) in [5.41, 5.74) is 9.42. The molecule has 4 heterocycles. The van der Waals surface area contributed by atoms with E-state index in [-0.39, 0.29) is 6.04 Å². The normalized spacial score (nSPS) is 21.0. The van der Waals surface area contributed by atoms with Gasteiger partial charge in [0, 0.05) is 49.2 Å². The fraction of sp³-hybridized carbons (Fsp3) is 0.438. The van der Waals surface area contributed by atoms with Crippen LogP contribution in [0.5, 0.6) is 0 Å². The van der Waals surface area contributed by atoms with Crippen molar-refractivity contribution in [2.45, 2.75) is 25.4 Å². The fourth-order valence-corrected chi connectivity index (χ4v) is 3.21. The van der Waals surface area contributed by atoms with Gasteiger partial charge >= 0.3 is 0 Å². The fourth-order valence-electron chi connectivity index (χ4n) is 3.21. The molecule has 2 aromatic heterocycles. The van der Waals surface area contributed by atoms with Crippen LogP contribution in [-0.4, -0.2) is 40.6 Å². The van der Waals surface area contributed by atoms with E-state index in [2.05, 4.69) is 15.2 Å². The highest BCUT2D eigenvalue weighted by Gasteiger charge is 2.26. The average Bonchev–Trinajstić information content (AvgIpc) is 3.01. The molecule has 2 aliphatic rings. The Morgan fingerprint density at radius 3 is 3.05 bits per heavy atom. The number of nitrogens with one attached hydrogen (secondary N) is 1. The molecule has 0 bridgehead atoms. The van der Waals surface area contributed by atoms with Gasteiger partial charge in [-0.1, -0.05) is 0 Å². The van der Waals surface area contributed by atoms with Crippen LogP contribution in [0.2, 0.25) is 0 Å². The number of hydrogen-bond donors (Lipinski definition) is 2. The number of rotatable bonds is 2. The monoisotopic (exact) mass is 296 g/mol. The van der Waals surface area contributed by atoms with Gasteiger partial charge in [0.25, 0.3) is 0 Å². The lowest BCUT2D eigenvalue weighted by molar-refractivity contribution is 0.621. The molecule has 0 radical (unpaired) electrons. The number of aromatic nitrogens is 3. The second kappa shape index (κ2) is 5.62. The van der Waals surface area contributed by atoms with E-state index >= 15 is 0 Å². The van der Waals surface area contributed by atoms with Gasteiger partial charge in [-0.15, -0.1) is 0 Å². The standard InChI is InChI=1S/C16H20N6/c17-12-4-7-22(10-12)16-13-3-6-19-9-14(13)20-15(21-16)11-2-1-5-18-8-11/h1-2,5,8,12,19H,3-4,6-7,9-10,17H2. The first-order chi connectivity index (χ1) is 10.8. The number of nitrogens with two attached hydrogens (primary N) is 1. The maximum Gasteiger partial charge on any atom is 0.163 e. The SMILES string of the molecule is NC1CCN(c2nc(-c3cccnc3)nc3c2CCNC3)C1. The molecule has 0 saturated carbocycles. The summed E-state index contributed by atoms with van der Waals surface area (Å²) in [5.74, 6) is 1.82. The molecule has 2 aliphatic heterocycles. The van der Waals surface area contributed by atoms with Gasteiger partial charge in [0.15, 0.2) is 5.82 Å². The summed E-state index contributed by atoms with van der Waals surface area (Å²) in [6, 6.07) is 4.17. The molecule has 0 aliphatic carbocycles. The summed E-state index contributed by atoms with van der Waals surface area (Å²) in [6.45, 7) is 3.64. The Balaban J connectivity index is 1.81. The number of anilines is 1. The van der Waals surface area contributed by atoms with Crippen molar-refractivity contribution in [2.75, 3.05) is 24.5 Å². The maximum absolute atomic E-state index is 6.08. The highest BCUT2D eigenvalue weighted by molar-refractivity contribution is 5.60. The van der Waals surface area contributed by atoms with Crippen molar-refractivity contribution in [3.8, 4) is 11.4 Å². The molecule has 22 heavy (non-hydrogen) atoms. The van der Waals surface area contributed by atoms with Crippen LogP contribution in [0, 0.1) is 0 Å². The summed E-state index contributed by atoms with van der Waals surface area (Å²) in [5, 5.41) is 3.40. The molecule has 4 rings (SSSR count). The predicted octanol–water partition coefficient (Wildman–Crippen LogP) is 0.722. The third-order valence-electron chi connectivity index (χ3n) is 4.36. The Kier molecular flexibility index (Phi) is 3.48. The van der Waals surface area contributed by atoms with Crippen molar-refractivity contribution in [3.63, 3.8) is 0 Å². The first-order valence-electron chi connectivity index (χ1n) is 7.82. The molecule has 114 valence electrons. The molecule has 1 fully saturated rings. The van der Waals surface area contributed by atoms with E-state index in [1.54, 1.807) is 6.20 Å². The van der Waals surface area contributed by atoms with Crippen LogP contribution >= 0.6 is 0 Å². The minimum atomic E-state index is 0.245. The largest absolute Gasteiger partial charge is 0.355 e. The van der Waals surface area contributed by atoms with Gasteiger partial charge in [0.05, 0.1) is 5.69 Å². The topological polar surface area (TPSA) is 80.0 Å². The van der Waals surface area contributed by atoms with Crippen molar-refractivity contribution in [1.29, 1.82) is 0 Å². The van der Waals surface area contributed by atoms with Crippen molar-refractivity contribution in [3.05, 3.63) is 35.8 Å².